The van der Waals surface area contributed by atoms with E-state index in [9.17, 15) is 9.59 Å². The van der Waals surface area contributed by atoms with E-state index in [1.165, 1.54) is 6.20 Å². The number of rotatable bonds is 4. The standard InChI is InChI=1S/C21H19N3O3/c25-20-18(13-15-7-3-1-4-8-15)24(12-11-22-20)21(26)17-14-23-27-19(17)16-9-5-2-6-10-16/h1-10,14,18H,11-13H2,(H,22,25)/t18-/m1/s1. The van der Waals surface area contributed by atoms with Crippen LogP contribution in [0.1, 0.15) is 15.9 Å². The van der Waals surface area contributed by atoms with Gasteiger partial charge >= 0.3 is 0 Å². The Kier molecular flexibility index (Phi) is 4.70. The fourth-order valence-electron chi connectivity index (χ4n) is 3.34. The van der Waals surface area contributed by atoms with Crippen molar-refractivity contribution >= 4 is 11.8 Å². The SMILES string of the molecule is O=C1NCCN(C(=O)c2cnoc2-c2ccccc2)[C@@H]1Cc1ccccc1. The van der Waals surface area contributed by atoms with Crippen molar-refractivity contribution in [2.75, 3.05) is 13.1 Å². The summed E-state index contributed by atoms with van der Waals surface area (Å²) in [4.78, 5) is 27.4. The number of benzene rings is 2. The van der Waals surface area contributed by atoms with Gasteiger partial charge in [-0.2, -0.15) is 0 Å². The minimum Gasteiger partial charge on any atom is -0.355 e. The molecule has 1 aliphatic rings. The highest BCUT2D eigenvalue weighted by molar-refractivity contribution is 6.02. The molecule has 1 saturated heterocycles. The first kappa shape index (κ1) is 17.0. The summed E-state index contributed by atoms with van der Waals surface area (Å²) in [5.74, 6) is 0.0343. The molecule has 2 heterocycles. The fourth-order valence-corrected chi connectivity index (χ4v) is 3.34. The maximum Gasteiger partial charge on any atom is 0.260 e. The van der Waals surface area contributed by atoms with Gasteiger partial charge in [-0.3, -0.25) is 9.59 Å². The molecule has 0 unspecified atom stereocenters. The molecule has 1 fully saturated rings. The number of aromatic nitrogens is 1. The summed E-state index contributed by atoms with van der Waals surface area (Å²) in [5, 5.41) is 6.68. The molecule has 4 rings (SSSR count). The molecule has 1 N–H and O–H groups in total. The molecule has 27 heavy (non-hydrogen) atoms. The topological polar surface area (TPSA) is 75.4 Å². The number of nitrogens with zero attached hydrogens (tertiary/aromatic N) is 2. The molecule has 0 bridgehead atoms. The van der Waals surface area contributed by atoms with Gasteiger partial charge in [-0.25, -0.2) is 0 Å². The van der Waals surface area contributed by atoms with Gasteiger partial charge in [-0.15, -0.1) is 0 Å². The number of amides is 2. The van der Waals surface area contributed by atoms with Gasteiger partial charge in [0.05, 0.1) is 6.20 Å². The molecule has 1 aliphatic heterocycles. The van der Waals surface area contributed by atoms with Gasteiger partial charge in [-0.1, -0.05) is 65.8 Å². The minimum absolute atomic E-state index is 0.142. The molecule has 136 valence electrons. The van der Waals surface area contributed by atoms with Crippen LogP contribution in [0.3, 0.4) is 0 Å². The molecule has 0 spiro atoms. The number of carbonyl (C=O) groups excluding carboxylic acids is 2. The van der Waals surface area contributed by atoms with Gasteiger partial charge < -0.3 is 14.7 Å². The summed E-state index contributed by atoms with van der Waals surface area (Å²) >= 11 is 0. The van der Waals surface area contributed by atoms with E-state index in [1.54, 1.807) is 4.90 Å². The number of hydrogen-bond donors (Lipinski definition) is 1. The summed E-state index contributed by atoms with van der Waals surface area (Å²) in [6, 6.07) is 18.5. The van der Waals surface area contributed by atoms with Crippen molar-refractivity contribution in [1.82, 2.24) is 15.4 Å². The van der Waals surface area contributed by atoms with Gasteiger partial charge in [-0.05, 0) is 5.56 Å². The summed E-state index contributed by atoms with van der Waals surface area (Å²) < 4.78 is 5.34. The van der Waals surface area contributed by atoms with Crippen LogP contribution in [0, 0.1) is 0 Å². The highest BCUT2D eigenvalue weighted by Gasteiger charge is 2.35. The normalized spacial score (nSPS) is 16.8. The van der Waals surface area contributed by atoms with Crippen molar-refractivity contribution in [3.63, 3.8) is 0 Å². The van der Waals surface area contributed by atoms with Crippen LogP contribution >= 0.6 is 0 Å². The largest absolute Gasteiger partial charge is 0.355 e. The Bertz CT molecular complexity index is 938. The number of hydrogen-bond acceptors (Lipinski definition) is 4. The van der Waals surface area contributed by atoms with Gasteiger partial charge in [0.1, 0.15) is 11.6 Å². The molecule has 2 amide bonds. The molecule has 6 heteroatoms. The molecule has 1 aromatic heterocycles. The van der Waals surface area contributed by atoms with E-state index < -0.39 is 6.04 Å². The van der Waals surface area contributed by atoms with Crippen LogP contribution in [0.4, 0.5) is 0 Å². The van der Waals surface area contributed by atoms with E-state index >= 15 is 0 Å². The molecule has 6 nitrogen and oxygen atoms in total. The average molecular weight is 361 g/mol. The molecule has 1 atom stereocenters. The number of carbonyl (C=O) groups is 2. The van der Waals surface area contributed by atoms with Gasteiger partial charge in [0.2, 0.25) is 5.91 Å². The van der Waals surface area contributed by atoms with E-state index in [0.717, 1.165) is 11.1 Å². The smallest absolute Gasteiger partial charge is 0.260 e. The highest BCUT2D eigenvalue weighted by Crippen LogP contribution is 2.26. The van der Waals surface area contributed by atoms with Crippen molar-refractivity contribution in [2.24, 2.45) is 0 Å². The molecule has 0 radical (unpaired) electrons. The predicted octanol–water partition coefficient (Wildman–Crippen LogP) is 2.52. The quantitative estimate of drug-likeness (QED) is 0.775. The molecule has 3 aromatic rings. The third-order valence-electron chi connectivity index (χ3n) is 4.70. The van der Waals surface area contributed by atoms with E-state index in [0.29, 0.717) is 30.8 Å². The Morgan fingerprint density at radius 3 is 2.56 bits per heavy atom. The summed E-state index contributed by atoms with van der Waals surface area (Å²) in [7, 11) is 0. The van der Waals surface area contributed by atoms with Crippen molar-refractivity contribution in [3.05, 3.63) is 78.0 Å². The van der Waals surface area contributed by atoms with Gasteiger partial charge in [0.25, 0.3) is 5.91 Å². The lowest BCUT2D eigenvalue weighted by molar-refractivity contribution is -0.127. The van der Waals surface area contributed by atoms with Crippen LogP contribution in [0.2, 0.25) is 0 Å². The first-order valence-corrected chi connectivity index (χ1v) is 8.87. The van der Waals surface area contributed by atoms with E-state index in [1.807, 2.05) is 60.7 Å². The Morgan fingerprint density at radius 1 is 1.11 bits per heavy atom. The Labute approximate surface area is 156 Å². The maximum atomic E-state index is 13.2. The molecule has 2 aromatic carbocycles. The summed E-state index contributed by atoms with van der Waals surface area (Å²) in [6.07, 6.45) is 1.89. The van der Waals surface area contributed by atoms with Crippen LogP contribution in [0.5, 0.6) is 0 Å². The summed E-state index contributed by atoms with van der Waals surface area (Å²) in [6.45, 7) is 0.878. The first-order valence-electron chi connectivity index (χ1n) is 8.87. The fraction of sp³-hybridized carbons (Fsp3) is 0.190. The van der Waals surface area contributed by atoms with E-state index in [2.05, 4.69) is 10.5 Å². The van der Waals surface area contributed by atoms with Crippen LogP contribution in [0.15, 0.2) is 71.4 Å². The van der Waals surface area contributed by atoms with Crippen molar-refractivity contribution in [2.45, 2.75) is 12.5 Å². The molecular formula is C21H19N3O3. The Morgan fingerprint density at radius 2 is 1.81 bits per heavy atom. The molecule has 0 saturated carbocycles. The first-order chi connectivity index (χ1) is 13.2. The van der Waals surface area contributed by atoms with Crippen molar-refractivity contribution < 1.29 is 14.1 Å². The maximum absolute atomic E-state index is 13.2. The van der Waals surface area contributed by atoms with Crippen LogP contribution < -0.4 is 5.32 Å². The van der Waals surface area contributed by atoms with Crippen LogP contribution in [-0.2, 0) is 11.2 Å². The lowest BCUT2D eigenvalue weighted by atomic mass is 10.0. The second kappa shape index (κ2) is 7.45. The zero-order chi connectivity index (χ0) is 18.6. The lowest BCUT2D eigenvalue weighted by Crippen LogP contribution is -2.58. The van der Waals surface area contributed by atoms with Crippen molar-refractivity contribution in [1.29, 1.82) is 0 Å². The van der Waals surface area contributed by atoms with Gasteiger partial charge in [0.15, 0.2) is 5.76 Å². The number of nitrogens with one attached hydrogen (secondary N) is 1. The van der Waals surface area contributed by atoms with Crippen LogP contribution in [0.25, 0.3) is 11.3 Å². The predicted molar refractivity (Wildman–Crippen MR) is 99.9 cm³/mol. The zero-order valence-electron chi connectivity index (χ0n) is 14.7. The average Bonchev–Trinajstić information content (AvgIpc) is 3.20. The van der Waals surface area contributed by atoms with Crippen LogP contribution in [-0.4, -0.2) is 41.0 Å². The lowest BCUT2D eigenvalue weighted by Gasteiger charge is -2.35. The monoisotopic (exact) mass is 361 g/mol. The zero-order valence-corrected chi connectivity index (χ0v) is 14.7. The van der Waals surface area contributed by atoms with E-state index in [-0.39, 0.29) is 11.8 Å². The summed E-state index contributed by atoms with van der Waals surface area (Å²) in [5.41, 5.74) is 2.15. The highest BCUT2D eigenvalue weighted by atomic mass is 16.5. The number of piperazine rings is 1. The van der Waals surface area contributed by atoms with E-state index in [4.69, 9.17) is 4.52 Å². The molecular weight excluding hydrogens is 342 g/mol. The van der Waals surface area contributed by atoms with Gasteiger partial charge in [0, 0.05) is 25.1 Å². The third-order valence-corrected chi connectivity index (χ3v) is 4.70. The third kappa shape index (κ3) is 3.46. The Hall–Kier alpha value is -3.41. The Balaban J connectivity index is 1.64. The minimum atomic E-state index is -0.563. The second-order valence-electron chi connectivity index (χ2n) is 6.43. The second-order valence-corrected chi connectivity index (χ2v) is 6.43. The molecule has 0 aliphatic carbocycles. The van der Waals surface area contributed by atoms with Crippen molar-refractivity contribution in [3.8, 4) is 11.3 Å².